The van der Waals surface area contributed by atoms with Crippen LogP contribution in [0.1, 0.15) is 64.2 Å². The molecule has 0 aliphatic heterocycles. The Morgan fingerprint density at radius 1 is 0.625 bits per heavy atom. The van der Waals surface area contributed by atoms with E-state index in [1.54, 1.807) is 0 Å². The lowest BCUT2D eigenvalue weighted by Crippen LogP contribution is -2.24. The third kappa shape index (κ3) is 1.83. The summed E-state index contributed by atoms with van der Waals surface area (Å²) in [4.78, 5) is 12.5. The van der Waals surface area contributed by atoms with Gasteiger partial charge in [0.2, 0.25) is 0 Å². The highest BCUT2D eigenvalue weighted by Gasteiger charge is 2.43. The SMILES string of the molecule is O=C1C(C2CCCC2)CCC1C1CCCC1. The van der Waals surface area contributed by atoms with E-state index in [2.05, 4.69) is 0 Å². The van der Waals surface area contributed by atoms with Gasteiger partial charge in [0.05, 0.1) is 0 Å². The third-order valence-corrected chi connectivity index (χ3v) is 5.46. The maximum Gasteiger partial charge on any atom is 0.139 e. The Balaban J connectivity index is 1.64. The van der Waals surface area contributed by atoms with Crippen molar-refractivity contribution in [2.45, 2.75) is 64.2 Å². The van der Waals surface area contributed by atoms with Crippen molar-refractivity contribution < 1.29 is 4.79 Å². The van der Waals surface area contributed by atoms with Crippen molar-refractivity contribution in [2.24, 2.45) is 23.7 Å². The van der Waals surface area contributed by atoms with Gasteiger partial charge in [0, 0.05) is 11.8 Å². The van der Waals surface area contributed by atoms with E-state index in [1.165, 1.54) is 64.2 Å². The van der Waals surface area contributed by atoms with Crippen LogP contribution in [-0.2, 0) is 4.79 Å². The lowest BCUT2D eigenvalue weighted by molar-refractivity contribution is -0.126. The Morgan fingerprint density at radius 2 is 1.00 bits per heavy atom. The molecule has 0 spiro atoms. The normalized spacial score (nSPS) is 37.6. The van der Waals surface area contributed by atoms with E-state index in [0.29, 0.717) is 17.6 Å². The van der Waals surface area contributed by atoms with Crippen LogP contribution >= 0.6 is 0 Å². The lowest BCUT2D eigenvalue weighted by atomic mass is 9.84. The monoisotopic (exact) mass is 220 g/mol. The summed E-state index contributed by atoms with van der Waals surface area (Å²) in [5.74, 6) is 3.19. The number of hydrogen-bond donors (Lipinski definition) is 0. The van der Waals surface area contributed by atoms with Gasteiger partial charge < -0.3 is 0 Å². The van der Waals surface area contributed by atoms with Crippen molar-refractivity contribution in [3.63, 3.8) is 0 Å². The Bertz CT molecular complexity index is 233. The van der Waals surface area contributed by atoms with Gasteiger partial charge in [-0.15, -0.1) is 0 Å². The van der Waals surface area contributed by atoms with Gasteiger partial charge in [-0.3, -0.25) is 4.79 Å². The van der Waals surface area contributed by atoms with E-state index in [-0.39, 0.29) is 0 Å². The highest BCUT2D eigenvalue weighted by Crippen LogP contribution is 2.45. The number of hydrogen-bond acceptors (Lipinski definition) is 1. The Labute approximate surface area is 99.0 Å². The molecule has 3 aliphatic rings. The Kier molecular flexibility index (Phi) is 3.04. The molecule has 0 aromatic carbocycles. The maximum atomic E-state index is 12.5. The fourth-order valence-corrected chi connectivity index (χ4v) is 4.57. The van der Waals surface area contributed by atoms with Gasteiger partial charge in [-0.2, -0.15) is 0 Å². The average Bonchev–Trinajstić information content (AvgIpc) is 2.96. The van der Waals surface area contributed by atoms with Crippen molar-refractivity contribution in [1.82, 2.24) is 0 Å². The van der Waals surface area contributed by atoms with Gasteiger partial charge in [-0.05, 0) is 50.4 Å². The average molecular weight is 220 g/mol. The summed E-state index contributed by atoms with van der Waals surface area (Å²) in [6, 6.07) is 0. The molecule has 0 bridgehead atoms. The van der Waals surface area contributed by atoms with Gasteiger partial charge >= 0.3 is 0 Å². The summed E-state index contributed by atoms with van der Waals surface area (Å²) in [7, 11) is 0. The van der Waals surface area contributed by atoms with E-state index in [9.17, 15) is 4.79 Å². The van der Waals surface area contributed by atoms with Crippen LogP contribution in [0.25, 0.3) is 0 Å². The summed E-state index contributed by atoms with van der Waals surface area (Å²) in [6.07, 6.45) is 13.3. The fraction of sp³-hybridized carbons (Fsp3) is 0.933. The summed E-state index contributed by atoms with van der Waals surface area (Å²) in [6.45, 7) is 0. The topological polar surface area (TPSA) is 17.1 Å². The lowest BCUT2D eigenvalue weighted by Gasteiger charge is -2.19. The van der Waals surface area contributed by atoms with Gasteiger partial charge in [0.1, 0.15) is 5.78 Å². The first-order chi connectivity index (χ1) is 7.86. The van der Waals surface area contributed by atoms with Crippen LogP contribution in [0.2, 0.25) is 0 Å². The fourth-order valence-electron chi connectivity index (χ4n) is 4.57. The molecule has 0 aromatic heterocycles. The van der Waals surface area contributed by atoms with Crippen LogP contribution in [0.5, 0.6) is 0 Å². The van der Waals surface area contributed by atoms with Gasteiger partial charge in [0.25, 0.3) is 0 Å². The molecule has 0 amide bonds. The molecule has 1 heteroatoms. The highest BCUT2D eigenvalue weighted by atomic mass is 16.1. The molecule has 0 N–H and O–H groups in total. The molecule has 3 saturated carbocycles. The maximum absolute atomic E-state index is 12.5. The van der Waals surface area contributed by atoms with E-state index in [4.69, 9.17) is 0 Å². The number of carbonyl (C=O) groups excluding carboxylic acids is 1. The second kappa shape index (κ2) is 4.50. The molecule has 3 aliphatic carbocycles. The predicted molar refractivity (Wildman–Crippen MR) is 65.1 cm³/mol. The summed E-state index contributed by atoms with van der Waals surface area (Å²) < 4.78 is 0. The molecule has 2 atom stereocenters. The molecule has 0 saturated heterocycles. The third-order valence-electron chi connectivity index (χ3n) is 5.46. The molecule has 16 heavy (non-hydrogen) atoms. The Hall–Kier alpha value is -0.330. The van der Waals surface area contributed by atoms with Crippen molar-refractivity contribution in [3.05, 3.63) is 0 Å². The molecule has 3 rings (SSSR count). The van der Waals surface area contributed by atoms with Crippen molar-refractivity contribution >= 4 is 5.78 Å². The number of Topliss-reactive ketones (excluding diaryl/α,β-unsaturated/α-hetero) is 1. The minimum atomic E-state index is 0.480. The first-order valence-corrected chi connectivity index (χ1v) is 7.40. The first kappa shape index (κ1) is 10.8. The van der Waals surface area contributed by atoms with Crippen LogP contribution in [-0.4, -0.2) is 5.78 Å². The van der Waals surface area contributed by atoms with Crippen molar-refractivity contribution in [3.8, 4) is 0 Å². The molecule has 0 aromatic rings. The molecule has 0 radical (unpaired) electrons. The predicted octanol–water partition coefficient (Wildman–Crippen LogP) is 3.96. The van der Waals surface area contributed by atoms with E-state index in [0.717, 1.165) is 11.8 Å². The second-order valence-electron chi connectivity index (χ2n) is 6.28. The summed E-state index contributed by atoms with van der Waals surface area (Å²) in [5, 5.41) is 0. The molecular formula is C15H24O. The minimum Gasteiger partial charge on any atom is -0.299 e. The smallest absolute Gasteiger partial charge is 0.139 e. The summed E-state index contributed by atoms with van der Waals surface area (Å²) in [5.41, 5.74) is 0. The molecule has 0 heterocycles. The Morgan fingerprint density at radius 3 is 1.38 bits per heavy atom. The molecule has 1 nitrogen and oxygen atoms in total. The van der Waals surface area contributed by atoms with E-state index >= 15 is 0 Å². The second-order valence-corrected chi connectivity index (χ2v) is 6.28. The molecule has 90 valence electrons. The quantitative estimate of drug-likeness (QED) is 0.688. The van der Waals surface area contributed by atoms with Crippen LogP contribution < -0.4 is 0 Å². The van der Waals surface area contributed by atoms with Crippen molar-refractivity contribution in [1.29, 1.82) is 0 Å². The zero-order valence-electron chi connectivity index (χ0n) is 10.3. The minimum absolute atomic E-state index is 0.480. The number of ketones is 1. The number of rotatable bonds is 2. The zero-order valence-corrected chi connectivity index (χ0v) is 10.3. The largest absolute Gasteiger partial charge is 0.299 e. The summed E-state index contributed by atoms with van der Waals surface area (Å²) >= 11 is 0. The van der Waals surface area contributed by atoms with E-state index in [1.807, 2.05) is 0 Å². The van der Waals surface area contributed by atoms with Crippen LogP contribution in [0.3, 0.4) is 0 Å². The molecule has 3 fully saturated rings. The van der Waals surface area contributed by atoms with Crippen LogP contribution in [0.15, 0.2) is 0 Å². The first-order valence-electron chi connectivity index (χ1n) is 7.40. The molecule has 2 unspecified atom stereocenters. The van der Waals surface area contributed by atoms with Crippen LogP contribution in [0, 0.1) is 23.7 Å². The van der Waals surface area contributed by atoms with Crippen molar-refractivity contribution in [2.75, 3.05) is 0 Å². The van der Waals surface area contributed by atoms with E-state index < -0.39 is 0 Å². The van der Waals surface area contributed by atoms with Crippen LogP contribution in [0.4, 0.5) is 0 Å². The zero-order chi connectivity index (χ0) is 11.0. The standard InChI is InChI=1S/C15H24O/c16-15-13(11-5-1-2-6-11)9-10-14(15)12-7-3-4-8-12/h11-14H,1-10H2. The van der Waals surface area contributed by atoms with Gasteiger partial charge in [0.15, 0.2) is 0 Å². The molecular weight excluding hydrogens is 196 g/mol. The van der Waals surface area contributed by atoms with Gasteiger partial charge in [-0.25, -0.2) is 0 Å². The number of carbonyl (C=O) groups is 1. The van der Waals surface area contributed by atoms with Gasteiger partial charge in [-0.1, -0.05) is 25.7 Å². The highest BCUT2D eigenvalue weighted by molar-refractivity contribution is 5.86.